The normalized spacial score (nSPS) is 14.5. The lowest BCUT2D eigenvalue weighted by Gasteiger charge is -2.28. The molecule has 0 aliphatic rings. The molecule has 182 valence electrons. The first kappa shape index (κ1) is 30.1. The van der Waals surface area contributed by atoms with E-state index in [4.69, 9.17) is 0 Å². The summed E-state index contributed by atoms with van der Waals surface area (Å²) in [6, 6.07) is 0. The van der Waals surface area contributed by atoms with Gasteiger partial charge in [0.2, 0.25) is 5.91 Å². The maximum absolute atomic E-state index is 12.1. The molecule has 0 aliphatic heterocycles. The van der Waals surface area contributed by atoms with E-state index in [0.29, 0.717) is 6.54 Å². The second-order valence-electron chi connectivity index (χ2n) is 8.60. The van der Waals surface area contributed by atoms with Crippen LogP contribution in [0.5, 0.6) is 0 Å². The molecule has 0 aromatic heterocycles. The van der Waals surface area contributed by atoms with Crippen molar-refractivity contribution < 1.29 is 9.90 Å². The molecule has 3 nitrogen and oxygen atoms in total. The van der Waals surface area contributed by atoms with E-state index in [1.165, 1.54) is 19.3 Å². The Hall–Kier alpha value is -1.87. The molecular weight excluding hydrogens is 394 g/mol. The third-order valence-corrected chi connectivity index (χ3v) is 5.39. The molecule has 0 aromatic rings. The molecule has 2 N–H and O–H groups in total. The number of hydrogen-bond donors (Lipinski definition) is 2. The van der Waals surface area contributed by atoms with Crippen LogP contribution in [-0.4, -0.2) is 23.2 Å². The van der Waals surface area contributed by atoms with E-state index in [0.717, 1.165) is 64.2 Å². The number of unbranched alkanes of at least 4 members (excludes halogenated alkanes) is 7. The zero-order chi connectivity index (χ0) is 23.8. The maximum Gasteiger partial charge on any atom is 0.244 e. The summed E-state index contributed by atoms with van der Waals surface area (Å²) in [5.41, 5.74) is -0.783. The van der Waals surface area contributed by atoms with Gasteiger partial charge in [-0.2, -0.15) is 0 Å². The van der Waals surface area contributed by atoms with Gasteiger partial charge in [0, 0.05) is 12.6 Å². The lowest BCUT2D eigenvalue weighted by Crippen LogP contribution is -2.42. The summed E-state index contributed by atoms with van der Waals surface area (Å²) in [6.07, 6.45) is 33.4. The Balaban J connectivity index is 4.21. The van der Waals surface area contributed by atoms with Gasteiger partial charge in [0.1, 0.15) is 0 Å². The van der Waals surface area contributed by atoms with Gasteiger partial charge < -0.3 is 10.4 Å². The zero-order valence-electron chi connectivity index (χ0n) is 21.0. The molecule has 3 heteroatoms. The molecule has 0 heterocycles. The molecule has 32 heavy (non-hydrogen) atoms. The van der Waals surface area contributed by atoms with Crippen molar-refractivity contribution in [2.45, 2.75) is 110 Å². The van der Waals surface area contributed by atoms with Gasteiger partial charge in [-0.15, -0.1) is 0 Å². The van der Waals surface area contributed by atoms with Crippen LogP contribution in [0.15, 0.2) is 60.8 Å². The van der Waals surface area contributed by atoms with Gasteiger partial charge in [-0.3, -0.25) is 4.79 Å². The molecule has 1 unspecified atom stereocenters. The number of hydrogen-bond acceptors (Lipinski definition) is 2. The highest BCUT2D eigenvalue weighted by molar-refractivity contribution is 5.87. The summed E-state index contributed by atoms with van der Waals surface area (Å²) in [5, 5.41) is 13.9. The Morgan fingerprint density at radius 1 is 0.688 bits per heavy atom. The molecule has 0 spiro atoms. The fraction of sp³-hybridized carbons (Fsp3) is 0.621. The minimum absolute atomic E-state index is 0.140. The van der Waals surface area contributed by atoms with Crippen LogP contribution >= 0.6 is 0 Å². The molecule has 0 aliphatic carbocycles. The van der Waals surface area contributed by atoms with E-state index in [9.17, 15) is 9.90 Å². The summed E-state index contributed by atoms with van der Waals surface area (Å²) in [4.78, 5) is 12.1. The average Bonchev–Trinajstić information content (AvgIpc) is 2.79. The summed E-state index contributed by atoms with van der Waals surface area (Å²) in [6.45, 7) is 6.87. The van der Waals surface area contributed by atoms with Gasteiger partial charge in [-0.1, -0.05) is 127 Å². The van der Waals surface area contributed by atoms with Crippen molar-refractivity contribution >= 4 is 5.91 Å². The molecule has 0 saturated heterocycles. The van der Waals surface area contributed by atoms with Gasteiger partial charge in [0.15, 0.2) is 0 Å². The van der Waals surface area contributed by atoms with Crippen molar-refractivity contribution in [3.63, 3.8) is 0 Å². The molecule has 0 fully saturated rings. The van der Waals surface area contributed by atoms with Gasteiger partial charge in [0.25, 0.3) is 0 Å². The highest BCUT2D eigenvalue weighted by Gasteiger charge is 2.26. The Kier molecular flexibility index (Phi) is 21.0. The van der Waals surface area contributed by atoms with Crippen molar-refractivity contribution in [2.75, 3.05) is 6.54 Å². The molecular formula is C29H49NO2. The number of nitrogens with one attached hydrogen (secondary N) is 1. The molecule has 1 atom stereocenters. The van der Waals surface area contributed by atoms with Crippen molar-refractivity contribution in [3.05, 3.63) is 60.8 Å². The SMILES string of the molecule is CCCC=CC=CC=CCCC=CC=CC(=O)NCC(O)(CCCCC)CCCCCC. The van der Waals surface area contributed by atoms with Crippen molar-refractivity contribution in [1.29, 1.82) is 0 Å². The van der Waals surface area contributed by atoms with E-state index in [2.05, 4.69) is 62.5 Å². The number of carbonyl (C=O) groups is 1. The summed E-state index contributed by atoms with van der Waals surface area (Å²) in [5.74, 6) is -0.140. The quantitative estimate of drug-likeness (QED) is 0.115. The van der Waals surface area contributed by atoms with Crippen LogP contribution in [0.25, 0.3) is 0 Å². The van der Waals surface area contributed by atoms with E-state index in [1.807, 2.05) is 12.2 Å². The Bertz CT molecular complexity index is 586. The molecule has 0 saturated carbocycles. The van der Waals surface area contributed by atoms with Crippen LogP contribution in [0.1, 0.15) is 104 Å². The largest absolute Gasteiger partial charge is 0.388 e. The number of aliphatic hydroxyl groups is 1. The van der Waals surface area contributed by atoms with E-state index in [-0.39, 0.29) is 5.91 Å². The van der Waals surface area contributed by atoms with Crippen LogP contribution in [0.2, 0.25) is 0 Å². The lowest BCUT2D eigenvalue weighted by molar-refractivity contribution is -0.118. The first-order valence-corrected chi connectivity index (χ1v) is 12.9. The summed E-state index contributed by atoms with van der Waals surface area (Å²) < 4.78 is 0. The standard InChI is InChI=1S/C29H49NO2/c1-4-7-10-12-13-14-15-16-17-18-19-20-21-24-28(31)30-27-29(32,25-22-9-6-3)26-23-11-8-5-2/h10,12-16,19-21,24,32H,4-9,11,17-18,22-23,25-27H2,1-3H3,(H,30,31). The van der Waals surface area contributed by atoms with Gasteiger partial charge >= 0.3 is 0 Å². The molecule has 0 aromatic carbocycles. The van der Waals surface area contributed by atoms with Crippen LogP contribution in [0.3, 0.4) is 0 Å². The third kappa shape index (κ3) is 20.1. The minimum atomic E-state index is -0.783. The first-order valence-electron chi connectivity index (χ1n) is 12.9. The maximum atomic E-state index is 12.1. The van der Waals surface area contributed by atoms with E-state index in [1.54, 1.807) is 12.2 Å². The fourth-order valence-corrected chi connectivity index (χ4v) is 3.35. The molecule has 1 amide bonds. The molecule has 0 rings (SSSR count). The number of rotatable bonds is 20. The van der Waals surface area contributed by atoms with E-state index < -0.39 is 5.60 Å². The Morgan fingerprint density at radius 2 is 1.22 bits per heavy atom. The van der Waals surface area contributed by atoms with Crippen LogP contribution in [0, 0.1) is 0 Å². The minimum Gasteiger partial charge on any atom is -0.388 e. The van der Waals surface area contributed by atoms with Crippen molar-refractivity contribution in [3.8, 4) is 0 Å². The average molecular weight is 444 g/mol. The second-order valence-corrected chi connectivity index (χ2v) is 8.60. The number of allylic oxidation sites excluding steroid dienone is 9. The Labute approximate surface area is 198 Å². The Morgan fingerprint density at radius 3 is 1.81 bits per heavy atom. The summed E-state index contributed by atoms with van der Waals surface area (Å²) in [7, 11) is 0. The van der Waals surface area contributed by atoms with Gasteiger partial charge in [-0.05, 0) is 32.1 Å². The lowest BCUT2D eigenvalue weighted by atomic mass is 9.90. The van der Waals surface area contributed by atoms with Crippen molar-refractivity contribution in [1.82, 2.24) is 5.32 Å². The fourth-order valence-electron chi connectivity index (χ4n) is 3.35. The van der Waals surface area contributed by atoms with Gasteiger partial charge in [-0.25, -0.2) is 0 Å². The molecule has 0 radical (unpaired) electrons. The first-order chi connectivity index (χ1) is 15.6. The number of carbonyl (C=O) groups excluding carboxylic acids is 1. The highest BCUT2D eigenvalue weighted by atomic mass is 16.3. The van der Waals surface area contributed by atoms with E-state index >= 15 is 0 Å². The van der Waals surface area contributed by atoms with Crippen molar-refractivity contribution in [2.24, 2.45) is 0 Å². The van der Waals surface area contributed by atoms with Crippen LogP contribution in [-0.2, 0) is 4.79 Å². The zero-order valence-corrected chi connectivity index (χ0v) is 21.0. The smallest absolute Gasteiger partial charge is 0.244 e. The van der Waals surface area contributed by atoms with Crippen LogP contribution < -0.4 is 5.32 Å². The van der Waals surface area contributed by atoms with Gasteiger partial charge in [0.05, 0.1) is 5.60 Å². The monoisotopic (exact) mass is 443 g/mol. The predicted molar refractivity (Wildman–Crippen MR) is 141 cm³/mol. The summed E-state index contributed by atoms with van der Waals surface area (Å²) >= 11 is 0. The molecule has 0 bridgehead atoms. The third-order valence-electron chi connectivity index (χ3n) is 5.39. The second kappa shape index (κ2) is 22.3. The number of amides is 1. The predicted octanol–water partition coefficient (Wildman–Crippen LogP) is 7.75. The highest BCUT2D eigenvalue weighted by Crippen LogP contribution is 2.22. The van der Waals surface area contributed by atoms with Crippen LogP contribution in [0.4, 0.5) is 0 Å². The topological polar surface area (TPSA) is 49.3 Å².